The molecule has 3 N–H and O–H groups in total. The van der Waals surface area contributed by atoms with E-state index in [1.54, 1.807) is 12.3 Å². The third kappa shape index (κ3) is 5.40. The second-order valence-corrected chi connectivity index (χ2v) is 6.83. The van der Waals surface area contributed by atoms with Gasteiger partial charge in [0.05, 0.1) is 30.8 Å². The summed E-state index contributed by atoms with van der Waals surface area (Å²) < 4.78 is 5.18. The normalized spacial score (nSPS) is 19.0. The van der Waals surface area contributed by atoms with Crippen LogP contribution in [0.3, 0.4) is 0 Å². The quantitative estimate of drug-likeness (QED) is 0.466. The van der Waals surface area contributed by atoms with E-state index >= 15 is 0 Å². The van der Waals surface area contributed by atoms with Gasteiger partial charge in [0.25, 0.3) is 17.5 Å². The molecule has 0 aliphatic carbocycles. The number of amides is 2. The molecule has 0 bridgehead atoms. The van der Waals surface area contributed by atoms with Crippen molar-refractivity contribution < 1.29 is 23.8 Å². The summed E-state index contributed by atoms with van der Waals surface area (Å²) in [5, 5.41) is 16.5. The Labute approximate surface area is 161 Å². The Morgan fingerprint density at radius 3 is 2.50 bits per heavy atom. The fourth-order valence-corrected chi connectivity index (χ4v) is 3.24. The zero-order valence-corrected chi connectivity index (χ0v) is 15.3. The van der Waals surface area contributed by atoms with E-state index in [0.29, 0.717) is 18.7 Å². The summed E-state index contributed by atoms with van der Waals surface area (Å²) >= 11 is 0. The Morgan fingerprint density at radius 2 is 1.89 bits per heavy atom. The number of piperidine rings is 1. The van der Waals surface area contributed by atoms with E-state index in [1.165, 1.54) is 29.2 Å². The van der Waals surface area contributed by atoms with Gasteiger partial charge in [0, 0.05) is 36.6 Å². The minimum absolute atomic E-state index is 0.0280. The van der Waals surface area contributed by atoms with Crippen molar-refractivity contribution >= 4 is 17.5 Å². The highest BCUT2D eigenvalue weighted by Gasteiger charge is 2.25. The van der Waals surface area contributed by atoms with Crippen molar-refractivity contribution in [3.63, 3.8) is 0 Å². The fourth-order valence-electron chi connectivity index (χ4n) is 3.24. The molecule has 2 aromatic rings. The molecule has 1 aliphatic rings. The standard InChI is InChI=1S/C19H22N4O5/c24-18(20-12-17-2-1-11-28-17)13-22-9-7-15(8-10-22)21-19(25)14-3-5-16(6-4-14)23(26)27/h1-6,11,15H,7-10,12-13H2,(H,20,24)(H,21,25)/p+1. The smallest absolute Gasteiger partial charge is 0.275 e. The first-order valence-corrected chi connectivity index (χ1v) is 9.19. The number of likely N-dealkylation sites (tertiary alicyclic amines) is 1. The number of nitro benzene ring substituents is 1. The largest absolute Gasteiger partial charge is 0.467 e. The number of nitro groups is 1. The molecule has 1 aromatic heterocycles. The van der Waals surface area contributed by atoms with E-state index in [1.807, 2.05) is 6.07 Å². The first-order valence-electron chi connectivity index (χ1n) is 9.19. The Morgan fingerprint density at radius 1 is 1.18 bits per heavy atom. The van der Waals surface area contributed by atoms with Crippen molar-refractivity contribution in [3.8, 4) is 0 Å². The molecule has 0 saturated carbocycles. The van der Waals surface area contributed by atoms with Gasteiger partial charge >= 0.3 is 0 Å². The highest BCUT2D eigenvalue weighted by molar-refractivity contribution is 5.94. The monoisotopic (exact) mass is 387 g/mol. The predicted octanol–water partition coefficient (Wildman–Crippen LogP) is 0.281. The van der Waals surface area contributed by atoms with E-state index in [2.05, 4.69) is 10.6 Å². The maximum absolute atomic E-state index is 12.3. The van der Waals surface area contributed by atoms with Crippen molar-refractivity contribution in [1.82, 2.24) is 10.6 Å². The highest BCUT2D eigenvalue weighted by Crippen LogP contribution is 2.12. The molecule has 28 heavy (non-hydrogen) atoms. The van der Waals surface area contributed by atoms with Gasteiger partial charge in [-0.15, -0.1) is 0 Å². The van der Waals surface area contributed by atoms with Crippen molar-refractivity contribution in [1.29, 1.82) is 0 Å². The van der Waals surface area contributed by atoms with E-state index in [4.69, 9.17) is 4.42 Å². The topological polar surface area (TPSA) is 119 Å². The molecule has 2 amide bonds. The van der Waals surface area contributed by atoms with Crippen LogP contribution in [0.1, 0.15) is 29.0 Å². The van der Waals surface area contributed by atoms with Gasteiger partial charge in [-0.2, -0.15) is 0 Å². The summed E-state index contributed by atoms with van der Waals surface area (Å²) in [5.74, 6) is 0.454. The maximum Gasteiger partial charge on any atom is 0.275 e. The van der Waals surface area contributed by atoms with Crippen LogP contribution in [0.5, 0.6) is 0 Å². The minimum Gasteiger partial charge on any atom is -0.467 e. The number of hydrogen-bond acceptors (Lipinski definition) is 5. The Bertz CT molecular complexity index is 811. The number of nitrogens with one attached hydrogen (secondary N) is 3. The second kappa shape index (κ2) is 9.14. The van der Waals surface area contributed by atoms with Gasteiger partial charge < -0.3 is 20.0 Å². The zero-order chi connectivity index (χ0) is 19.9. The summed E-state index contributed by atoms with van der Waals surface area (Å²) in [7, 11) is 0. The first kappa shape index (κ1) is 19.6. The van der Waals surface area contributed by atoms with E-state index in [0.717, 1.165) is 31.7 Å². The van der Waals surface area contributed by atoms with Crippen molar-refractivity contribution in [2.45, 2.75) is 25.4 Å². The Hall–Kier alpha value is -3.20. The lowest BCUT2D eigenvalue weighted by Crippen LogP contribution is -3.14. The van der Waals surface area contributed by atoms with Gasteiger partial charge in [0.2, 0.25) is 0 Å². The molecular formula is C19H23N4O5+. The van der Waals surface area contributed by atoms with Gasteiger partial charge in [-0.25, -0.2) is 0 Å². The molecule has 0 atom stereocenters. The van der Waals surface area contributed by atoms with Crippen LogP contribution in [-0.2, 0) is 11.3 Å². The predicted molar refractivity (Wildman–Crippen MR) is 99.7 cm³/mol. The van der Waals surface area contributed by atoms with Crippen LogP contribution in [0.4, 0.5) is 5.69 Å². The summed E-state index contributed by atoms with van der Waals surface area (Å²) in [4.78, 5) is 35.7. The summed E-state index contributed by atoms with van der Waals surface area (Å²) in [6, 6.07) is 9.19. The molecule has 148 valence electrons. The highest BCUT2D eigenvalue weighted by atomic mass is 16.6. The van der Waals surface area contributed by atoms with Crippen molar-refractivity contribution in [2.24, 2.45) is 0 Å². The molecule has 0 unspecified atom stereocenters. The lowest BCUT2D eigenvalue weighted by Gasteiger charge is -2.29. The third-order valence-electron chi connectivity index (χ3n) is 4.82. The number of nitrogens with zero attached hydrogens (tertiary/aromatic N) is 1. The van der Waals surface area contributed by atoms with Gasteiger partial charge in [-0.3, -0.25) is 19.7 Å². The lowest BCUT2D eigenvalue weighted by atomic mass is 10.0. The SMILES string of the molecule is O=C(C[NH+]1CCC(NC(=O)c2ccc([N+](=O)[O-])cc2)CC1)NCc1ccco1. The fraction of sp³-hybridized carbons (Fsp3) is 0.368. The number of rotatable bonds is 7. The second-order valence-electron chi connectivity index (χ2n) is 6.83. The van der Waals surface area contributed by atoms with Crippen molar-refractivity contribution in [2.75, 3.05) is 19.6 Å². The molecule has 1 aromatic carbocycles. The van der Waals surface area contributed by atoms with E-state index < -0.39 is 4.92 Å². The maximum atomic E-state index is 12.3. The number of carbonyl (C=O) groups excluding carboxylic acids is 2. The number of furan rings is 1. The average molecular weight is 387 g/mol. The van der Waals surface area contributed by atoms with Crippen LogP contribution in [0, 0.1) is 10.1 Å². The lowest BCUT2D eigenvalue weighted by molar-refractivity contribution is -0.897. The molecule has 9 nitrogen and oxygen atoms in total. The number of non-ortho nitro benzene ring substituents is 1. The van der Waals surface area contributed by atoms with E-state index in [-0.39, 0.29) is 23.5 Å². The number of quaternary nitrogens is 1. The van der Waals surface area contributed by atoms with Crippen LogP contribution in [-0.4, -0.2) is 42.4 Å². The molecule has 9 heteroatoms. The van der Waals surface area contributed by atoms with Gasteiger partial charge in [-0.1, -0.05) is 0 Å². The van der Waals surface area contributed by atoms with Gasteiger partial charge in [-0.05, 0) is 24.3 Å². The van der Waals surface area contributed by atoms with Crippen LogP contribution < -0.4 is 15.5 Å². The van der Waals surface area contributed by atoms with Gasteiger partial charge in [0.15, 0.2) is 6.54 Å². The van der Waals surface area contributed by atoms with Crippen LogP contribution in [0.15, 0.2) is 47.1 Å². The summed E-state index contributed by atoms with van der Waals surface area (Å²) in [6.07, 6.45) is 3.13. The van der Waals surface area contributed by atoms with Crippen LogP contribution in [0.25, 0.3) is 0 Å². The Kier molecular flexibility index (Phi) is 6.38. The summed E-state index contributed by atoms with van der Waals surface area (Å²) in [5.41, 5.74) is 0.358. The van der Waals surface area contributed by atoms with Crippen molar-refractivity contribution in [3.05, 3.63) is 64.1 Å². The minimum atomic E-state index is -0.495. The van der Waals surface area contributed by atoms with E-state index in [9.17, 15) is 19.7 Å². The van der Waals surface area contributed by atoms with Gasteiger partial charge in [0.1, 0.15) is 5.76 Å². The molecular weight excluding hydrogens is 364 g/mol. The number of hydrogen-bond donors (Lipinski definition) is 3. The third-order valence-corrected chi connectivity index (χ3v) is 4.82. The average Bonchev–Trinajstić information content (AvgIpc) is 3.21. The Balaban J connectivity index is 1.39. The number of carbonyl (C=O) groups is 2. The molecule has 1 aliphatic heterocycles. The van der Waals surface area contributed by atoms with Crippen LogP contribution in [0.2, 0.25) is 0 Å². The first-order chi connectivity index (χ1) is 13.5. The molecule has 2 heterocycles. The molecule has 3 rings (SSSR count). The molecule has 1 fully saturated rings. The molecule has 0 radical (unpaired) electrons. The van der Waals surface area contributed by atoms with Crippen LogP contribution >= 0.6 is 0 Å². The zero-order valence-electron chi connectivity index (χ0n) is 15.3. The molecule has 1 saturated heterocycles. The molecule has 0 spiro atoms. The summed E-state index contributed by atoms with van der Waals surface area (Å²) in [6.45, 7) is 2.36. The number of benzene rings is 1.